The van der Waals surface area contributed by atoms with Crippen molar-refractivity contribution in [1.29, 1.82) is 0 Å². The van der Waals surface area contributed by atoms with Crippen molar-refractivity contribution in [3.63, 3.8) is 0 Å². The number of sulfone groups is 1. The van der Waals surface area contributed by atoms with Crippen LogP contribution >= 0.6 is 35.0 Å². The van der Waals surface area contributed by atoms with Gasteiger partial charge in [-0.05, 0) is 65.4 Å². The average Bonchev–Trinajstić information content (AvgIpc) is 3.80. The van der Waals surface area contributed by atoms with Gasteiger partial charge in [-0.25, -0.2) is 36.2 Å². The van der Waals surface area contributed by atoms with Gasteiger partial charge in [0.05, 0.1) is 39.4 Å². The second kappa shape index (κ2) is 19.7. The summed E-state index contributed by atoms with van der Waals surface area (Å²) >= 11 is 13.2. The van der Waals surface area contributed by atoms with Crippen molar-refractivity contribution >= 4 is 57.0 Å². The molecule has 2 aromatic carbocycles. The molecule has 0 spiro atoms. The molecule has 2 amide bonds. The molecule has 0 aliphatic heterocycles. The van der Waals surface area contributed by atoms with Crippen molar-refractivity contribution < 1.29 is 37.0 Å². The highest BCUT2D eigenvalue weighted by Gasteiger charge is 2.29. The second-order valence-electron chi connectivity index (χ2n) is 16.3. The molecule has 0 saturated heterocycles. The maximum atomic E-state index is 14.8. The molecule has 0 bridgehead atoms. The van der Waals surface area contributed by atoms with E-state index < -0.39 is 33.7 Å². The summed E-state index contributed by atoms with van der Waals surface area (Å²) in [5.41, 5.74) is 0.102. The summed E-state index contributed by atoms with van der Waals surface area (Å²) in [5.74, 6) is -1.44. The zero-order valence-corrected chi connectivity index (χ0v) is 37.6. The monoisotopic (exact) mass is 928 g/mol. The molecular formula is C42H44Cl2F2N8O6S2. The Balaban J connectivity index is 0.000000235. The van der Waals surface area contributed by atoms with E-state index in [0.717, 1.165) is 14.5 Å². The standard InChI is InChI=1S/C21H22ClFN4O4S.C21H22ClFN4O2S/c1-21(2,3)13-26(20(28)29)12-14-10-18(32(30,31)15-6-5-9-24-11-15)27(25-14)17-8-4-7-16(22)19(17)23;1-21(2,3)13-26(20(28)29)12-14-10-18(30-15-6-5-9-24-11-15)27(25-14)17-8-4-7-16(22)19(17)23/h4-11H,12-13H2,1-3H3,(H,28,29);4-11H,12-13H2,1-3H3,(H,28,29). The van der Waals surface area contributed by atoms with Gasteiger partial charge in [0.2, 0.25) is 9.84 Å². The fraction of sp³-hybridized carbons (Fsp3) is 0.286. The van der Waals surface area contributed by atoms with Crippen LogP contribution < -0.4 is 0 Å². The van der Waals surface area contributed by atoms with Crippen LogP contribution in [0.15, 0.2) is 117 Å². The van der Waals surface area contributed by atoms with Gasteiger partial charge in [-0.1, -0.05) is 88.6 Å². The number of amides is 2. The predicted molar refractivity (Wildman–Crippen MR) is 231 cm³/mol. The molecule has 0 fully saturated rings. The molecule has 2 N–H and O–H groups in total. The number of benzene rings is 2. The summed E-state index contributed by atoms with van der Waals surface area (Å²) in [6, 6.07) is 18.3. The van der Waals surface area contributed by atoms with Gasteiger partial charge in [0.25, 0.3) is 0 Å². The fourth-order valence-electron chi connectivity index (χ4n) is 5.97. The molecule has 0 atom stereocenters. The zero-order valence-electron chi connectivity index (χ0n) is 34.5. The molecular weight excluding hydrogens is 886 g/mol. The number of rotatable bonds is 12. The summed E-state index contributed by atoms with van der Waals surface area (Å²) in [7, 11) is -4.16. The van der Waals surface area contributed by atoms with E-state index >= 15 is 0 Å². The van der Waals surface area contributed by atoms with Gasteiger partial charge in [-0.15, -0.1) is 0 Å². The van der Waals surface area contributed by atoms with Crippen LogP contribution in [-0.4, -0.2) is 83.2 Å². The SMILES string of the molecule is CC(C)(C)CN(Cc1cc(S(=O)(=O)c2cccnc2)n(-c2cccc(Cl)c2F)n1)C(=O)O.CC(C)(C)CN(Cc1cc(Sc2cccnc2)n(-c2cccc(Cl)c2F)n1)C(=O)O. The van der Waals surface area contributed by atoms with E-state index in [2.05, 4.69) is 20.2 Å². The first-order valence-corrected chi connectivity index (χ1v) is 21.8. The van der Waals surface area contributed by atoms with Gasteiger partial charge in [-0.2, -0.15) is 10.2 Å². The van der Waals surface area contributed by atoms with Gasteiger partial charge in [0.15, 0.2) is 16.7 Å². The van der Waals surface area contributed by atoms with Crippen LogP contribution in [-0.2, 0) is 22.9 Å². The topological polar surface area (TPSA) is 177 Å². The Labute approximate surface area is 372 Å². The normalized spacial score (nSPS) is 11.8. The average molecular weight is 930 g/mol. The quantitative estimate of drug-likeness (QED) is 0.119. The number of nitrogens with zero attached hydrogens (tertiary/aromatic N) is 8. The molecule has 0 saturated carbocycles. The van der Waals surface area contributed by atoms with Crippen LogP contribution in [0.2, 0.25) is 10.0 Å². The molecule has 62 heavy (non-hydrogen) atoms. The van der Waals surface area contributed by atoms with Crippen LogP contribution in [0.25, 0.3) is 11.4 Å². The lowest BCUT2D eigenvalue weighted by atomic mass is 9.96. The number of carboxylic acid groups (broad SMARTS) is 2. The lowest BCUT2D eigenvalue weighted by Crippen LogP contribution is -2.36. The summed E-state index contributed by atoms with van der Waals surface area (Å²) in [5, 5.41) is 28.0. The third-order valence-electron chi connectivity index (χ3n) is 8.43. The Morgan fingerprint density at radius 1 is 0.710 bits per heavy atom. The summed E-state index contributed by atoms with van der Waals surface area (Å²) in [6.07, 6.45) is 3.74. The van der Waals surface area contributed by atoms with Crippen LogP contribution in [0.1, 0.15) is 52.9 Å². The van der Waals surface area contributed by atoms with E-state index in [1.807, 2.05) is 47.6 Å². The van der Waals surface area contributed by atoms with Crippen molar-refractivity contribution in [2.24, 2.45) is 10.8 Å². The maximum Gasteiger partial charge on any atom is 0.407 e. The number of aromatic nitrogens is 6. The highest BCUT2D eigenvalue weighted by atomic mass is 35.5. The largest absolute Gasteiger partial charge is 0.465 e. The summed E-state index contributed by atoms with van der Waals surface area (Å²) < 4.78 is 58.5. The van der Waals surface area contributed by atoms with Crippen LogP contribution in [0, 0.1) is 22.5 Å². The van der Waals surface area contributed by atoms with Gasteiger partial charge in [0.1, 0.15) is 16.4 Å². The molecule has 14 nitrogen and oxygen atoms in total. The molecule has 0 unspecified atom stereocenters. The smallest absolute Gasteiger partial charge is 0.407 e. The Kier molecular flexibility index (Phi) is 15.1. The second-order valence-corrected chi connectivity index (χ2v) is 20.1. The van der Waals surface area contributed by atoms with Crippen molar-refractivity contribution in [1.82, 2.24) is 39.3 Å². The van der Waals surface area contributed by atoms with E-state index in [0.29, 0.717) is 17.3 Å². The number of pyridine rings is 2. The van der Waals surface area contributed by atoms with Gasteiger partial charge < -0.3 is 20.0 Å². The Bertz CT molecular complexity index is 2640. The Hall–Kier alpha value is -5.56. The van der Waals surface area contributed by atoms with E-state index in [4.69, 9.17) is 23.2 Å². The highest BCUT2D eigenvalue weighted by Crippen LogP contribution is 2.33. The predicted octanol–water partition coefficient (Wildman–Crippen LogP) is 10.2. The Morgan fingerprint density at radius 3 is 1.66 bits per heavy atom. The first-order chi connectivity index (χ1) is 29.0. The number of halogens is 4. The fourth-order valence-corrected chi connectivity index (χ4v) is 8.59. The van der Waals surface area contributed by atoms with Crippen molar-refractivity contribution in [2.75, 3.05) is 13.1 Å². The number of hydrogen-bond acceptors (Lipinski definition) is 9. The lowest BCUT2D eigenvalue weighted by Gasteiger charge is -2.27. The molecule has 20 heteroatoms. The minimum Gasteiger partial charge on any atom is -0.465 e. The first kappa shape index (κ1) is 47.5. The molecule has 4 heterocycles. The molecule has 0 aliphatic rings. The minimum atomic E-state index is -4.16. The van der Waals surface area contributed by atoms with Gasteiger partial charge >= 0.3 is 12.2 Å². The molecule has 0 radical (unpaired) electrons. The minimum absolute atomic E-state index is 0.0122. The van der Waals surface area contributed by atoms with E-state index in [-0.39, 0.29) is 67.5 Å². The molecule has 328 valence electrons. The lowest BCUT2D eigenvalue weighted by molar-refractivity contribution is 0.121. The third-order valence-corrected chi connectivity index (χ3v) is 11.7. The molecule has 4 aromatic heterocycles. The maximum absolute atomic E-state index is 14.8. The first-order valence-electron chi connectivity index (χ1n) is 18.8. The zero-order chi connectivity index (χ0) is 45.6. The van der Waals surface area contributed by atoms with Crippen LogP contribution in [0.3, 0.4) is 0 Å². The highest BCUT2D eigenvalue weighted by molar-refractivity contribution is 7.99. The number of carbonyl (C=O) groups is 2. The van der Waals surface area contributed by atoms with Crippen molar-refractivity contribution in [2.45, 2.75) is 74.5 Å². The van der Waals surface area contributed by atoms with Crippen LogP contribution in [0.5, 0.6) is 0 Å². The van der Waals surface area contributed by atoms with E-state index in [1.165, 1.54) is 76.2 Å². The van der Waals surface area contributed by atoms with Crippen molar-refractivity contribution in [3.8, 4) is 11.4 Å². The Morgan fingerprint density at radius 2 is 1.19 bits per heavy atom. The molecule has 6 rings (SSSR count). The molecule has 0 aliphatic carbocycles. The number of hydrogen-bond donors (Lipinski definition) is 2. The summed E-state index contributed by atoms with van der Waals surface area (Å²) in [4.78, 5) is 34.6. The summed E-state index contributed by atoms with van der Waals surface area (Å²) in [6.45, 7) is 12.0. The van der Waals surface area contributed by atoms with E-state index in [9.17, 15) is 37.0 Å². The van der Waals surface area contributed by atoms with E-state index in [1.54, 1.807) is 36.7 Å². The van der Waals surface area contributed by atoms with Crippen molar-refractivity contribution in [3.05, 3.63) is 131 Å². The molecule has 6 aromatic rings. The van der Waals surface area contributed by atoms with Crippen LogP contribution in [0.4, 0.5) is 18.4 Å². The third kappa shape index (κ3) is 12.3. The van der Waals surface area contributed by atoms with Gasteiger partial charge in [-0.3, -0.25) is 9.97 Å². The van der Waals surface area contributed by atoms with Gasteiger partial charge in [0, 0.05) is 48.8 Å².